The van der Waals surface area contributed by atoms with Crippen molar-refractivity contribution < 1.29 is 9.13 Å². The molecule has 6 heteroatoms. The number of ether oxygens (including phenoxy) is 1. The Morgan fingerprint density at radius 1 is 1.26 bits per heavy atom. The van der Waals surface area contributed by atoms with Gasteiger partial charge >= 0.3 is 0 Å². The van der Waals surface area contributed by atoms with E-state index in [-0.39, 0.29) is 18.2 Å². The Kier molecular flexibility index (Phi) is 5.46. The molecule has 2 heterocycles. The number of anilines is 1. The first kappa shape index (κ1) is 16.2. The van der Waals surface area contributed by atoms with Crippen molar-refractivity contribution in [1.29, 1.82) is 0 Å². The largest absolute Gasteiger partial charge is 0.484 e. The molecule has 0 radical (unpaired) electrons. The molecule has 23 heavy (non-hydrogen) atoms. The number of hydrogen-bond acceptors (Lipinski definition) is 4. The van der Waals surface area contributed by atoms with Crippen LogP contribution in [0.1, 0.15) is 18.5 Å². The van der Waals surface area contributed by atoms with Crippen LogP contribution < -0.4 is 15.4 Å². The van der Waals surface area contributed by atoms with Gasteiger partial charge in [-0.1, -0.05) is 22.0 Å². The van der Waals surface area contributed by atoms with Gasteiger partial charge in [0.1, 0.15) is 12.4 Å². The minimum absolute atomic E-state index is 0.228. The molecule has 2 N–H and O–H groups in total. The van der Waals surface area contributed by atoms with Crippen LogP contribution in [0.4, 0.5) is 10.2 Å². The van der Waals surface area contributed by atoms with Crippen LogP contribution >= 0.6 is 15.9 Å². The molecule has 0 atom stereocenters. The summed E-state index contributed by atoms with van der Waals surface area (Å²) >= 11 is 3.23. The Morgan fingerprint density at radius 2 is 2.09 bits per heavy atom. The Balaban J connectivity index is 1.60. The number of nitrogens with zero attached hydrogens (tertiary/aromatic N) is 1. The van der Waals surface area contributed by atoms with Crippen LogP contribution in [0.5, 0.6) is 5.75 Å². The Morgan fingerprint density at radius 3 is 2.87 bits per heavy atom. The van der Waals surface area contributed by atoms with Crippen LogP contribution in [0.3, 0.4) is 0 Å². The number of rotatable bonds is 5. The van der Waals surface area contributed by atoms with Gasteiger partial charge in [-0.2, -0.15) is 0 Å². The summed E-state index contributed by atoms with van der Waals surface area (Å²) in [5.41, 5.74) is 0.770. The van der Waals surface area contributed by atoms with Crippen molar-refractivity contribution in [2.24, 2.45) is 0 Å². The zero-order valence-electron chi connectivity index (χ0n) is 12.7. The number of aromatic nitrogens is 1. The molecule has 0 amide bonds. The molecular weight excluding hydrogens is 361 g/mol. The Hall–Kier alpha value is -1.66. The number of halogens is 2. The average molecular weight is 380 g/mol. The summed E-state index contributed by atoms with van der Waals surface area (Å²) in [5, 5.41) is 6.79. The summed E-state index contributed by atoms with van der Waals surface area (Å²) in [6.07, 6.45) is 2.18. The number of pyridine rings is 1. The van der Waals surface area contributed by atoms with Crippen molar-refractivity contribution in [3.05, 3.63) is 52.4 Å². The van der Waals surface area contributed by atoms with E-state index in [1.807, 2.05) is 18.2 Å². The highest BCUT2D eigenvalue weighted by atomic mass is 79.9. The molecule has 1 aliphatic heterocycles. The highest BCUT2D eigenvalue weighted by molar-refractivity contribution is 9.10. The molecule has 0 bridgehead atoms. The van der Waals surface area contributed by atoms with E-state index in [4.69, 9.17) is 4.74 Å². The molecular formula is C17H19BrFN3O. The lowest BCUT2D eigenvalue weighted by molar-refractivity contribution is 0.286. The molecule has 0 saturated carbocycles. The van der Waals surface area contributed by atoms with Crippen molar-refractivity contribution in [2.75, 3.05) is 18.4 Å². The van der Waals surface area contributed by atoms with E-state index in [9.17, 15) is 4.39 Å². The summed E-state index contributed by atoms with van der Waals surface area (Å²) < 4.78 is 20.0. The molecule has 4 nitrogen and oxygen atoms in total. The second kappa shape index (κ2) is 7.75. The van der Waals surface area contributed by atoms with E-state index in [0.29, 0.717) is 10.5 Å². The third-order valence-corrected chi connectivity index (χ3v) is 4.26. The molecule has 1 fully saturated rings. The summed E-state index contributed by atoms with van der Waals surface area (Å²) in [7, 11) is 0. The fourth-order valence-electron chi connectivity index (χ4n) is 2.56. The Bertz CT molecular complexity index is 662. The highest BCUT2D eigenvalue weighted by Gasteiger charge is 2.13. The van der Waals surface area contributed by atoms with Crippen molar-refractivity contribution in [2.45, 2.75) is 25.5 Å². The monoisotopic (exact) mass is 379 g/mol. The molecule has 1 aliphatic rings. The van der Waals surface area contributed by atoms with Crippen LogP contribution in [0.25, 0.3) is 0 Å². The molecule has 0 aliphatic carbocycles. The molecule has 0 unspecified atom stereocenters. The second-order valence-electron chi connectivity index (χ2n) is 5.55. The number of piperidine rings is 1. The minimum Gasteiger partial charge on any atom is -0.484 e. The van der Waals surface area contributed by atoms with Crippen LogP contribution in [0.2, 0.25) is 0 Å². The van der Waals surface area contributed by atoms with E-state index in [0.717, 1.165) is 37.4 Å². The van der Waals surface area contributed by atoms with Gasteiger partial charge in [-0.15, -0.1) is 0 Å². The van der Waals surface area contributed by atoms with Gasteiger partial charge in [0.25, 0.3) is 0 Å². The van der Waals surface area contributed by atoms with Gasteiger partial charge in [-0.25, -0.2) is 9.37 Å². The molecule has 0 spiro atoms. The lowest BCUT2D eigenvalue weighted by Crippen LogP contribution is -2.35. The van der Waals surface area contributed by atoms with Crippen LogP contribution in [0.15, 0.2) is 40.9 Å². The van der Waals surface area contributed by atoms with Crippen molar-refractivity contribution in [3.63, 3.8) is 0 Å². The number of benzene rings is 1. The molecule has 1 aromatic heterocycles. The maximum Gasteiger partial charge on any atom is 0.166 e. The smallest absolute Gasteiger partial charge is 0.166 e. The van der Waals surface area contributed by atoms with E-state index < -0.39 is 0 Å². The van der Waals surface area contributed by atoms with Gasteiger partial charge in [0.05, 0.1) is 5.69 Å². The topological polar surface area (TPSA) is 46.2 Å². The van der Waals surface area contributed by atoms with Crippen molar-refractivity contribution in [3.8, 4) is 5.75 Å². The van der Waals surface area contributed by atoms with Gasteiger partial charge in [-0.05, 0) is 56.3 Å². The zero-order valence-corrected chi connectivity index (χ0v) is 14.3. The number of nitrogens with one attached hydrogen (secondary N) is 2. The van der Waals surface area contributed by atoms with Crippen molar-refractivity contribution >= 4 is 21.7 Å². The molecule has 122 valence electrons. The lowest BCUT2D eigenvalue weighted by Gasteiger charge is -2.24. The fraction of sp³-hybridized carbons (Fsp3) is 0.353. The first-order chi connectivity index (χ1) is 11.2. The van der Waals surface area contributed by atoms with Crippen molar-refractivity contribution in [1.82, 2.24) is 10.3 Å². The third-order valence-electron chi connectivity index (χ3n) is 3.77. The van der Waals surface area contributed by atoms with Gasteiger partial charge in [0.2, 0.25) is 0 Å². The van der Waals surface area contributed by atoms with Crippen LogP contribution in [-0.4, -0.2) is 24.1 Å². The Labute approximate surface area is 143 Å². The molecule has 3 rings (SSSR count). The average Bonchev–Trinajstić information content (AvgIpc) is 2.55. The standard InChI is InChI=1S/C17H19BrFN3O/c18-12-4-5-16(15(19)10-12)23-11-14-2-1-3-17(22-14)21-13-6-8-20-9-7-13/h1-5,10,13,20H,6-9,11H2,(H,21,22). The predicted octanol–water partition coefficient (Wildman–Crippen LogP) is 3.73. The van der Waals surface area contributed by atoms with Crippen LogP contribution in [0, 0.1) is 5.82 Å². The van der Waals surface area contributed by atoms with Gasteiger partial charge in [-0.3, -0.25) is 0 Å². The van der Waals surface area contributed by atoms with Gasteiger partial charge in [0, 0.05) is 10.5 Å². The van der Waals surface area contributed by atoms with Crippen LogP contribution in [-0.2, 0) is 6.61 Å². The lowest BCUT2D eigenvalue weighted by atomic mass is 10.1. The van der Waals surface area contributed by atoms with E-state index >= 15 is 0 Å². The summed E-state index contributed by atoms with van der Waals surface area (Å²) in [6.45, 7) is 2.30. The minimum atomic E-state index is -0.386. The zero-order chi connectivity index (χ0) is 16.1. The quantitative estimate of drug-likeness (QED) is 0.830. The summed E-state index contributed by atoms with van der Waals surface area (Å²) in [6, 6.07) is 11.0. The molecule has 1 aromatic carbocycles. The maximum absolute atomic E-state index is 13.7. The SMILES string of the molecule is Fc1cc(Br)ccc1OCc1cccc(NC2CCNCC2)n1. The normalized spacial score (nSPS) is 15.4. The first-order valence-corrected chi connectivity index (χ1v) is 8.51. The summed E-state index contributed by atoms with van der Waals surface area (Å²) in [5.74, 6) is 0.685. The molecule has 1 saturated heterocycles. The first-order valence-electron chi connectivity index (χ1n) is 7.72. The van der Waals surface area contributed by atoms with E-state index in [1.165, 1.54) is 6.07 Å². The fourth-order valence-corrected chi connectivity index (χ4v) is 2.89. The van der Waals surface area contributed by atoms with Gasteiger partial charge in [0.15, 0.2) is 11.6 Å². The van der Waals surface area contributed by atoms with Gasteiger partial charge < -0.3 is 15.4 Å². The molecule has 2 aromatic rings. The maximum atomic E-state index is 13.7. The predicted molar refractivity (Wildman–Crippen MR) is 92.2 cm³/mol. The highest BCUT2D eigenvalue weighted by Crippen LogP contribution is 2.22. The van der Waals surface area contributed by atoms with E-state index in [2.05, 4.69) is 31.5 Å². The second-order valence-corrected chi connectivity index (χ2v) is 6.46. The van der Waals surface area contributed by atoms with E-state index in [1.54, 1.807) is 12.1 Å². The third kappa shape index (κ3) is 4.65. The summed E-state index contributed by atoms with van der Waals surface area (Å²) in [4.78, 5) is 4.54. The number of hydrogen-bond donors (Lipinski definition) is 2.